The van der Waals surface area contributed by atoms with E-state index in [1.54, 1.807) is 13.0 Å². The number of nitrogens with zero attached hydrogens (tertiary/aromatic N) is 2. The Morgan fingerprint density at radius 1 is 1.09 bits per heavy atom. The third-order valence-electron chi connectivity index (χ3n) is 5.59. The Labute approximate surface area is 202 Å². The maximum Gasteiger partial charge on any atom is 0.242 e. The fourth-order valence-corrected chi connectivity index (χ4v) is 4.55. The minimum atomic E-state index is -3.75. The Hall–Kier alpha value is -2.94. The van der Waals surface area contributed by atoms with Crippen LogP contribution in [0.5, 0.6) is 0 Å². The number of para-hydroxylation sites is 1. The molecular weight excluding hydrogens is 457 g/mol. The Kier molecular flexibility index (Phi) is 10.0. The van der Waals surface area contributed by atoms with Crippen molar-refractivity contribution in [1.82, 2.24) is 10.2 Å². The van der Waals surface area contributed by atoms with Crippen molar-refractivity contribution in [2.75, 3.05) is 23.7 Å². The highest BCUT2D eigenvalue weighted by atomic mass is 32.2. The van der Waals surface area contributed by atoms with Crippen LogP contribution in [0.3, 0.4) is 0 Å². The second-order valence-corrected chi connectivity index (χ2v) is 10.2. The fourth-order valence-electron chi connectivity index (χ4n) is 3.59. The summed E-state index contributed by atoms with van der Waals surface area (Å²) in [5, 5.41) is 2.83. The lowest BCUT2D eigenvalue weighted by Crippen LogP contribution is -2.48. The zero-order valence-electron chi connectivity index (χ0n) is 20.3. The molecule has 2 aromatic rings. The van der Waals surface area contributed by atoms with Gasteiger partial charge in [0.25, 0.3) is 0 Å². The number of halogens is 1. The zero-order chi connectivity index (χ0) is 25.3. The third kappa shape index (κ3) is 7.55. The van der Waals surface area contributed by atoms with E-state index in [4.69, 9.17) is 0 Å². The first-order chi connectivity index (χ1) is 16.1. The predicted molar refractivity (Wildman–Crippen MR) is 132 cm³/mol. The van der Waals surface area contributed by atoms with Crippen LogP contribution in [0.25, 0.3) is 0 Å². The molecule has 0 heterocycles. The van der Waals surface area contributed by atoms with Crippen molar-refractivity contribution < 1.29 is 22.4 Å². The van der Waals surface area contributed by atoms with Crippen LogP contribution in [0.15, 0.2) is 48.5 Å². The van der Waals surface area contributed by atoms with Gasteiger partial charge in [-0.3, -0.25) is 13.9 Å². The molecule has 34 heavy (non-hydrogen) atoms. The van der Waals surface area contributed by atoms with Crippen molar-refractivity contribution in [3.8, 4) is 0 Å². The van der Waals surface area contributed by atoms with Crippen LogP contribution in [0.2, 0.25) is 0 Å². The Balaban J connectivity index is 2.17. The zero-order valence-corrected chi connectivity index (χ0v) is 21.1. The molecule has 0 saturated heterocycles. The standard InChI is InChI=1S/C25H34FN3O4S/c1-5-16-27-25(31)20(3)28(18-21-12-7-6-11-19(21)2)24(30)15-10-17-29(34(4,32)33)23-14-9-8-13-22(23)26/h6-9,11-14,20H,5,10,15-18H2,1-4H3,(H,27,31)/t20-/m1/s1. The van der Waals surface area contributed by atoms with E-state index in [1.165, 1.54) is 23.1 Å². The molecule has 0 fully saturated rings. The molecular formula is C25H34FN3O4S. The van der Waals surface area contributed by atoms with E-state index in [1.807, 2.05) is 38.1 Å². The topological polar surface area (TPSA) is 86.8 Å². The van der Waals surface area contributed by atoms with Gasteiger partial charge in [0.15, 0.2) is 0 Å². The number of anilines is 1. The lowest BCUT2D eigenvalue weighted by molar-refractivity contribution is -0.140. The number of rotatable bonds is 12. The van der Waals surface area contributed by atoms with Crippen LogP contribution in [-0.4, -0.2) is 50.5 Å². The molecule has 0 radical (unpaired) electrons. The number of carbonyl (C=O) groups is 2. The number of sulfonamides is 1. The monoisotopic (exact) mass is 491 g/mol. The largest absolute Gasteiger partial charge is 0.354 e. The molecule has 9 heteroatoms. The number of amides is 2. The summed E-state index contributed by atoms with van der Waals surface area (Å²) in [6.07, 6.45) is 1.97. The number of hydrogen-bond acceptors (Lipinski definition) is 4. The van der Waals surface area contributed by atoms with Crippen molar-refractivity contribution in [1.29, 1.82) is 0 Å². The molecule has 0 unspecified atom stereocenters. The van der Waals surface area contributed by atoms with Crippen molar-refractivity contribution in [2.45, 2.75) is 52.6 Å². The number of benzene rings is 2. The lowest BCUT2D eigenvalue weighted by Gasteiger charge is -2.30. The quantitative estimate of drug-likeness (QED) is 0.491. The second kappa shape index (κ2) is 12.5. The highest BCUT2D eigenvalue weighted by molar-refractivity contribution is 7.92. The SMILES string of the molecule is CCCNC(=O)[C@@H](C)N(Cc1ccccc1C)C(=O)CCCN(c1ccccc1F)S(C)(=O)=O. The molecule has 186 valence electrons. The third-order valence-corrected chi connectivity index (χ3v) is 6.77. The first-order valence-electron chi connectivity index (χ1n) is 11.4. The summed E-state index contributed by atoms with van der Waals surface area (Å²) in [4.78, 5) is 27.4. The number of hydrogen-bond donors (Lipinski definition) is 1. The van der Waals surface area contributed by atoms with Gasteiger partial charge in [-0.2, -0.15) is 0 Å². The molecule has 2 amide bonds. The van der Waals surface area contributed by atoms with Crippen LogP contribution >= 0.6 is 0 Å². The average Bonchev–Trinajstić information content (AvgIpc) is 2.79. The summed E-state index contributed by atoms with van der Waals surface area (Å²) >= 11 is 0. The van der Waals surface area contributed by atoms with Crippen LogP contribution in [-0.2, 0) is 26.2 Å². The van der Waals surface area contributed by atoms with Gasteiger partial charge in [-0.15, -0.1) is 0 Å². The Bertz CT molecular complexity index is 1090. The highest BCUT2D eigenvalue weighted by Crippen LogP contribution is 2.22. The molecule has 0 saturated carbocycles. The van der Waals surface area contributed by atoms with Gasteiger partial charge in [0, 0.05) is 26.1 Å². The van der Waals surface area contributed by atoms with E-state index < -0.39 is 21.9 Å². The molecule has 1 N–H and O–H groups in total. The van der Waals surface area contributed by atoms with E-state index in [0.29, 0.717) is 6.54 Å². The summed E-state index contributed by atoms with van der Waals surface area (Å²) in [7, 11) is -3.75. The van der Waals surface area contributed by atoms with Gasteiger partial charge in [0.1, 0.15) is 11.9 Å². The summed E-state index contributed by atoms with van der Waals surface area (Å²) < 4.78 is 39.8. The van der Waals surface area contributed by atoms with E-state index in [0.717, 1.165) is 28.1 Å². The van der Waals surface area contributed by atoms with Crippen molar-refractivity contribution in [2.24, 2.45) is 0 Å². The Morgan fingerprint density at radius 3 is 2.35 bits per heavy atom. The maximum atomic E-state index is 14.2. The number of nitrogens with one attached hydrogen (secondary N) is 1. The van der Waals surface area contributed by atoms with Gasteiger partial charge in [0.05, 0.1) is 11.9 Å². The van der Waals surface area contributed by atoms with Crippen molar-refractivity contribution in [3.05, 3.63) is 65.5 Å². The number of aryl methyl sites for hydroxylation is 1. The smallest absolute Gasteiger partial charge is 0.242 e. The van der Waals surface area contributed by atoms with E-state index >= 15 is 0 Å². The lowest BCUT2D eigenvalue weighted by atomic mass is 10.1. The van der Waals surface area contributed by atoms with Gasteiger partial charge in [-0.25, -0.2) is 12.8 Å². The normalized spacial score (nSPS) is 12.1. The molecule has 2 aromatic carbocycles. The minimum absolute atomic E-state index is 0.0117. The Morgan fingerprint density at radius 2 is 1.74 bits per heavy atom. The van der Waals surface area contributed by atoms with Crippen molar-refractivity contribution >= 4 is 27.5 Å². The predicted octanol–water partition coefficient (Wildman–Crippen LogP) is 3.62. The molecule has 0 aliphatic heterocycles. The first kappa shape index (κ1) is 27.3. The van der Waals surface area contributed by atoms with E-state index in [-0.39, 0.29) is 43.4 Å². The van der Waals surface area contributed by atoms with E-state index in [9.17, 15) is 22.4 Å². The summed E-state index contributed by atoms with van der Waals surface area (Å²) in [5.41, 5.74) is 1.88. The summed E-state index contributed by atoms with van der Waals surface area (Å²) in [6.45, 7) is 6.29. The maximum absolute atomic E-state index is 14.2. The van der Waals surface area contributed by atoms with Gasteiger partial charge in [-0.1, -0.05) is 43.3 Å². The number of carbonyl (C=O) groups excluding carboxylic acids is 2. The second-order valence-electron chi connectivity index (χ2n) is 8.31. The molecule has 2 rings (SSSR count). The van der Waals surface area contributed by atoms with Gasteiger partial charge in [0.2, 0.25) is 21.8 Å². The van der Waals surface area contributed by atoms with Crippen LogP contribution in [0.1, 0.15) is 44.2 Å². The summed E-state index contributed by atoms with van der Waals surface area (Å²) in [5.74, 6) is -1.17. The molecule has 0 spiro atoms. The molecule has 0 aliphatic rings. The average molecular weight is 492 g/mol. The molecule has 7 nitrogen and oxygen atoms in total. The van der Waals surface area contributed by atoms with Crippen LogP contribution < -0.4 is 9.62 Å². The first-order valence-corrected chi connectivity index (χ1v) is 13.2. The fraction of sp³-hybridized carbons (Fsp3) is 0.440. The van der Waals surface area contributed by atoms with Crippen molar-refractivity contribution in [3.63, 3.8) is 0 Å². The van der Waals surface area contributed by atoms with Crippen LogP contribution in [0.4, 0.5) is 10.1 Å². The van der Waals surface area contributed by atoms with Crippen LogP contribution in [0, 0.1) is 12.7 Å². The highest BCUT2D eigenvalue weighted by Gasteiger charge is 2.27. The molecule has 0 aromatic heterocycles. The van der Waals surface area contributed by atoms with Gasteiger partial charge < -0.3 is 10.2 Å². The minimum Gasteiger partial charge on any atom is -0.354 e. The summed E-state index contributed by atoms with van der Waals surface area (Å²) in [6, 6.07) is 12.6. The molecule has 0 bridgehead atoms. The molecule has 0 aliphatic carbocycles. The van der Waals surface area contributed by atoms with Gasteiger partial charge in [-0.05, 0) is 49.9 Å². The van der Waals surface area contributed by atoms with E-state index in [2.05, 4.69) is 5.32 Å². The molecule has 1 atom stereocenters. The van der Waals surface area contributed by atoms with Gasteiger partial charge >= 0.3 is 0 Å².